The van der Waals surface area contributed by atoms with Crippen molar-refractivity contribution in [3.05, 3.63) is 52.5 Å². The van der Waals surface area contributed by atoms with Crippen LogP contribution in [0.4, 0.5) is 11.4 Å². The Labute approximate surface area is 158 Å². The van der Waals surface area contributed by atoms with Gasteiger partial charge in [-0.1, -0.05) is 23.7 Å². The van der Waals surface area contributed by atoms with Gasteiger partial charge in [0.05, 0.1) is 12.8 Å². The minimum Gasteiger partial charge on any atom is -0.495 e. The summed E-state index contributed by atoms with van der Waals surface area (Å²) < 4.78 is 5.27. The maximum atomic E-state index is 12.7. The molecule has 2 rings (SSSR count). The normalized spacial score (nSPS) is 11.0. The smallest absolute Gasteiger partial charge is 0.239 e. The molecule has 0 fully saturated rings. The van der Waals surface area contributed by atoms with Crippen LogP contribution < -0.4 is 15.4 Å². The molecule has 0 aliphatic carbocycles. The molecule has 0 bridgehead atoms. The molecule has 2 N–H and O–H groups in total. The van der Waals surface area contributed by atoms with Crippen molar-refractivity contribution in [3.8, 4) is 5.75 Å². The Kier molecular flexibility index (Phi) is 5.93. The van der Waals surface area contributed by atoms with Crippen LogP contribution in [-0.2, 0) is 9.59 Å². The number of amides is 2. The van der Waals surface area contributed by atoms with Gasteiger partial charge in [-0.15, -0.1) is 0 Å². The van der Waals surface area contributed by atoms with Crippen LogP contribution in [0.1, 0.15) is 25.0 Å². The highest BCUT2D eigenvalue weighted by Gasteiger charge is 2.36. The monoisotopic (exact) mass is 374 g/mol. The SMILES string of the molecule is COc1ccc(C)cc1NC(=O)C(C)(C)C(=O)Nc1cc(Cl)ccc1C. The Bertz CT molecular complexity index is 847. The Hall–Kier alpha value is -2.53. The van der Waals surface area contributed by atoms with Gasteiger partial charge < -0.3 is 15.4 Å². The summed E-state index contributed by atoms with van der Waals surface area (Å²) in [6, 6.07) is 10.7. The summed E-state index contributed by atoms with van der Waals surface area (Å²) in [7, 11) is 1.53. The number of carbonyl (C=O) groups excluding carboxylic acids is 2. The van der Waals surface area contributed by atoms with E-state index in [4.69, 9.17) is 16.3 Å². The van der Waals surface area contributed by atoms with Gasteiger partial charge in [-0.25, -0.2) is 0 Å². The highest BCUT2D eigenvalue weighted by molar-refractivity contribution is 6.31. The van der Waals surface area contributed by atoms with Crippen molar-refractivity contribution in [2.24, 2.45) is 5.41 Å². The molecule has 5 nitrogen and oxygen atoms in total. The lowest BCUT2D eigenvalue weighted by Gasteiger charge is -2.24. The molecule has 6 heteroatoms. The van der Waals surface area contributed by atoms with Crippen molar-refractivity contribution in [2.75, 3.05) is 17.7 Å². The van der Waals surface area contributed by atoms with Gasteiger partial charge in [-0.3, -0.25) is 9.59 Å². The summed E-state index contributed by atoms with van der Waals surface area (Å²) in [5, 5.41) is 6.08. The highest BCUT2D eigenvalue weighted by atomic mass is 35.5. The zero-order valence-electron chi connectivity index (χ0n) is 15.6. The predicted octanol–water partition coefficient (Wildman–Crippen LogP) is 4.57. The second-order valence-corrected chi connectivity index (χ2v) is 7.13. The number of hydrogen-bond acceptors (Lipinski definition) is 3. The Morgan fingerprint density at radius 2 is 1.58 bits per heavy atom. The van der Waals surface area contributed by atoms with E-state index in [-0.39, 0.29) is 0 Å². The predicted molar refractivity (Wildman–Crippen MR) is 105 cm³/mol. The number of ether oxygens (including phenoxy) is 1. The number of anilines is 2. The average Bonchev–Trinajstić information content (AvgIpc) is 2.58. The minimum absolute atomic E-state index is 0.424. The number of aryl methyl sites for hydroxylation is 2. The summed E-state index contributed by atoms with van der Waals surface area (Å²) in [5.74, 6) is -0.323. The van der Waals surface area contributed by atoms with Crippen LogP contribution in [0.3, 0.4) is 0 Å². The van der Waals surface area contributed by atoms with Crippen molar-refractivity contribution >= 4 is 34.8 Å². The van der Waals surface area contributed by atoms with E-state index in [2.05, 4.69) is 10.6 Å². The maximum Gasteiger partial charge on any atom is 0.239 e. The van der Waals surface area contributed by atoms with E-state index in [1.165, 1.54) is 7.11 Å². The molecular formula is C20H23ClN2O3. The molecule has 0 aromatic heterocycles. The van der Waals surface area contributed by atoms with Crippen LogP contribution in [0.15, 0.2) is 36.4 Å². The van der Waals surface area contributed by atoms with Gasteiger partial charge in [0, 0.05) is 10.7 Å². The summed E-state index contributed by atoms with van der Waals surface area (Å²) >= 11 is 5.99. The van der Waals surface area contributed by atoms with Gasteiger partial charge in [0.25, 0.3) is 0 Å². The number of rotatable bonds is 5. The summed E-state index contributed by atoms with van der Waals surface area (Å²) in [6.45, 7) is 6.91. The molecule has 0 radical (unpaired) electrons. The minimum atomic E-state index is -1.30. The van der Waals surface area contributed by atoms with Crippen LogP contribution in [0.25, 0.3) is 0 Å². The molecule has 0 atom stereocenters. The third kappa shape index (κ3) is 4.35. The van der Waals surface area contributed by atoms with E-state index < -0.39 is 17.2 Å². The van der Waals surface area contributed by atoms with E-state index in [1.807, 2.05) is 26.0 Å². The summed E-state index contributed by atoms with van der Waals surface area (Å²) in [5.41, 5.74) is 1.63. The Morgan fingerprint density at radius 3 is 2.19 bits per heavy atom. The van der Waals surface area contributed by atoms with Crippen molar-refractivity contribution < 1.29 is 14.3 Å². The molecule has 26 heavy (non-hydrogen) atoms. The first kappa shape index (κ1) is 19.8. The Morgan fingerprint density at radius 1 is 0.962 bits per heavy atom. The molecule has 0 saturated carbocycles. The van der Waals surface area contributed by atoms with Crippen molar-refractivity contribution in [1.29, 1.82) is 0 Å². The average molecular weight is 375 g/mol. The lowest BCUT2D eigenvalue weighted by molar-refractivity contribution is -0.135. The molecule has 138 valence electrons. The van der Waals surface area contributed by atoms with Crippen LogP contribution in [0.5, 0.6) is 5.75 Å². The molecule has 0 saturated heterocycles. The number of methoxy groups -OCH3 is 1. The fourth-order valence-corrected chi connectivity index (χ4v) is 2.48. The van der Waals surface area contributed by atoms with Gasteiger partial charge in [0.2, 0.25) is 11.8 Å². The van der Waals surface area contributed by atoms with Crippen molar-refractivity contribution in [1.82, 2.24) is 0 Å². The first-order valence-corrected chi connectivity index (χ1v) is 8.56. The summed E-state index contributed by atoms with van der Waals surface area (Å²) in [4.78, 5) is 25.4. The van der Waals surface area contributed by atoms with Crippen LogP contribution in [0.2, 0.25) is 5.02 Å². The maximum absolute atomic E-state index is 12.7. The second-order valence-electron chi connectivity index (χ2n) is 6.70. The fourth-order valence-electron chi connectivity index (χ4n) is 2.31. The molecule has 2 aromatic carbocycles. The fraction of sp³-hybridized carbons (Fsp3) is 0.300. The molecule has 2 aromatic rings. The zero-order valence-corrected chi connectivity index (χ0v) is 16.3. The van der Waals surface area contributed by atoms with Gasteiger partial charge in [0.1, 0.15) is 11.2 Å². The largest absolute Gasteiger partial charge is 0.495 e. The van der Waals surface area contributed by atoms with E-state index in [1.54, 1.807) is 38.1 Å². The number of nitrogens with one attached hydrogen (secondary N) is 2. The first-order valence-electron chi connectivity index (χ1n) is 8.19. The third-order valence-corrected chi connectivity index (χ3v) is 4.42. The van der Waals surface area contributed by atoms with E-state index >= 15 is 0 Å². The molecule has 0 aliphatic rings. The third-order valence-electron chi connectivity index (χ3n) is 4.19. The molecule has 0 heterocycles. The molecule has 2 amide bonds. The molecule has 0 unspecified atom stereocenters. The van der Waals surface area contributed by atoms with Crippen molar-refractivity contribution in [2.45, 2.75) is 27.7 Å². The first-order chi connectivity index (χ1) is 12.1. The van der Waals surface area contributed by atoms with Crippen LogP contribution in [0, 0.1) is 19.3 Å². The number of hydrogen-bond donors (Lipinski definition) is 2. The van der Waals surface area contributed by atoms with Crippen molar-refractivity contribution in [3.63, 3.8) is 0 Å². The Balaban J connectivity index is 2.20. The lowest BCUT2D eigenvalue weighted by Crippen LogP contribution is -2.41. The van der Waals surface area contributed by atoms with Crippen LogP contribution in [-0.4, -0.2) is 18.9 Å². The van der Waals surface area contributed by atoms with Gasteiger partial charge in [0.15, 0.2) is 0 Å². The molecular weight excluding hydrogens is 352 g/mol. The van der Waals surface area contributed by atoms with Crippen LogP contribution >= 0.6 is 11.6 Å². The topological polar surface area (TPSA) is 67.4 Å². The molecule has 0 aliphatic heterocycles. The lowest BCUT2D eigenvalue weighted by atomic mass is 9.90. The molecule has 0 spiro atoms. The highest BCUT2D eigenvalue weighted by Crippen LogP contribution is 2.29. The number of carbonyl (C=O) groups is 2. The number of halogens is 1. The van der Waals surface area contributed by atoms with E-state index in [9.17, 15) is 9.59 Å². The van der Waals surface area contributed by atoms with Gasteiger partial charge in [-0.05, 0) is 63.1 Å². The summed E-state index contributed by atoms with van der Waals surface area (Å²) in [6.07, 6.45) is 0. The van der Waals surface area contributed by atoms with E-state index in [0.717, 1.165) is 11.1 Å². The standard InChI is InChI=1S/C20H23ClN2O3/c1-12-6-9-17(26-5)16(10-12)23-19(25)20(3,4)18(24)22-15-11-14(21)8-7-13(15)2/h6-11H,1-5H3,(H,22,24)(H,23,25). The van der Waals surface area contributed by atoms with Gasteiger partial charge >= 0.3 is 0 Å². The second kappa shape index (κ2) is 7.79. The number of benzene rings is 2. The quantitative estimate of drug-likeness (QED) is 0.753. The van der Waals surface area contributed by atoms with Gasteiger partial charge in [-0.2, -0.15) is 0 Å². The van der Waals surface area contributed by atoms with E-state index in [0.29, 0.717) is 22.1 Å². The zero-order chi connectivity index (χ0) is 19.5.